The Morgan fingerprint density at radius 3 is 1.40 bits per heavy atom. The minimum atomic E-state index is -1.11. The van der Waals surface area contributed by atoms with E-state index < -0.39 is 34.7 Å². The van der Waals surface area contributed by atoms with Crippen molar-refractivity contribution in [2.24, 2.45) is 0 Å². The number of aliphatic hydroxyl groups is 2. The van der Waals surface area contributed by atoms with Gasteiger partial charge in [-0.2, -0.15) is 0 Å². The topological polar surface area (TPSA) is 137 Å². The number of carbonyl (C=O) groups is 3. The molecule has 0 spiro atoms. The normalized spacial score (nSPS) is 11.9. The average Bonchev–Trinajstić information content (AvgIpc) is 2.82. The highest BCUT2D eigenvalue weighted by molar-refractivity contribution is 6.10. The molecule has 3 rings (SSSR count). The van der Waals surface area contributed by atoms with Crippen molar-refractivity contribution in [3.63, 3.8) is 0 Å². The molecule has 0 aliphatic heterocycles. The Hall–Kier alpha value is -4.21. The fraction of sp³-hybridized carbons (Fsp3) is 0.323. The minimum absolute atomic E-state index is 0.109. The highest BCUT2D eigenvalue weighted by Crippen LogP contribution is 2.25. The fourth-order valence-corrected chi connectivity index (χ4v) is 3.74. The Labute approximate surface area is 234 Å². The Bertz CT molecular complexity index is 1320. The van der Waals surface area contributed by atoms with Crippen LogP contribution >= 0.6 is 0 Å². The number of ether oxygens (including phenoxy) is 1. The molecule has 0 bridgehead atoms. The summed E-state index contributed by atoms with van der Waals surface area (Å²) in [5.74, 6) is -1.06. The van der Waals surface area contributed by atoms with Crippen LogP contribution < -0.4 is 16.0 Å². The predicted octanol–water partition coefficient (Wildman–Crippen LogP) is 5.99. The van der Waals surface area contributed by atoms with Crippen LogP contribution in [0.15, 0.2) is 66.7 Å². The molecule has 0 radical (unpaired) electrons. The number of nitrogens with one attached hydrogen (secondary N) is 3. The van der Waals surface area contributed by atoms with Crippen molar-refractivity contribution in [2.45, 2.75) is 65.3 Å². The van der Waals surface area contributed by atoms with Crippen molar-refractivity contribution in [1.82, 2.24) is 0 Å². The van der Waals surface area contributed by atoms with E-state index in [2.05, 4.69) is 16.0 Å². The molecule has 0 atom stereocenters. The first-order chi connectivity index (χ1) is 18.4. The smallest absolute Gasteiger partial charge is 0.412 e. The number of hydrogen-bond donors (Lipinski definition) is 5. The molecule has 9 heteroatoms. The molecule has 0 fully saturated rings. The van der Waals surface area contributed by atoms with Crippen molar-refractivity contribution < 1.29 is 29.3 Å². The molecule has 9 nitrogen and oxygen atoms in total. The minimum Gasteiger partial charge on any atom is -0.444 e. The third kappa shape index (κ3) is 8.65. The zero-order chi connectivity index (χ0) is 29.9. The van der Waals surface area contributed by atoms with Crippen molar-refractivity contribution in [3.8, 4) is 0 Å². The highest BCUT2D eigenvalue weighted by atomic mass is 16.6. The van der Waals surface area contributed by atoms with Gasteiger partial charge in [0.2, 0.25) is 0 Å². The summed E-state index contributed by atoms with van der Waals surface area (Å²) in [5, 5.41) is 28.8. The van der Waals surface area contributed by atoms with E-state index >= 15 is 0 Å². The molecule has 40 heavy (non-hydrogen) atoms. The highest BCUT2D eigenvalue weighted by Gasteiger charge is 2.21. The summed E-state index contributed by atoms with van der Waals surface area (Å²) in [6, 6.07) is 17.9. The molecule has 212 valence electrons. The van der Waals surface area contributed by atoms with Crippen molar-refractivity contribution in [1.29, 1.82) is 0 Å². The van der Waals surface area contributed by atoms with Crippen LogP contribution in [-0.4, -0.2) is 33.7 Å². The fourth-order valence-electron chi connectivity index (χ4n) is 3.74. The molecule has 3 aromatic carbocycles. The third-order valence-electron chi connectivity index (χ3n) is 5.76. The van der Waals surface area contributed by atoms with Crippen LogP contribution in [0.4, 0.5) is 21.9 Å². The second-order valence-corrected chi connectivity index (χ2v) is 11.6. The van der Waals surface area contributed by atoms with Gasteiger partial charge >= 0.3 is 6.09 Å². The van der Waals surface area contributed by atoms with Crippen molar-refractivity contribution >= 4 is 35.0 Å². The van der Waals surface area contributed by atoms with E-state index in [-0.39, 0.29) is 16.8 Å². The SMILES string of the molecule is CC(C)(C)OC(=O)Nc1cc(C(=O)Nc2cccc(C(C)(C)O)c2)cc(C(=O)Nc2cccc(C(C)(C)O)c2)c1. The second-order valence-electron chi connectivity index (χ2n) is 11.6. The summed E-state index contributed by atoms with van der Waals surface area (Å²) in [6.07, 6.45) is -0.743. The number of amides is 3. The molecule has 0 aliphatic carbocycles. The zero-order valence-electron chi connectivity index (χ0n) is 23.9. The molecule has 0 saturated carbocycles. The lowest BCUT2D eigenvalue weighted by Gasteiger charge is -2.20. The van der Waals surface area contributed by atoms with Gasteiger partial charge in [-0.05, 0) is 102 Å². The molecule has 5 N–H and O–H groups in total. The van der Waals surface area contributed by atoms with Gasteiger partial charge in [0.05, 0.1) is 11.2 Å². The summed E-state index contributed by atoms with van der Waals surface area (Å²) >= 11 is 0. The maximum Gasteiger partial charge on any atom is 0.412 e. The van der Waals surface area contributed by atoms with Gasteiger partial charge in [0.25, 0.3) is 11.8 Å². The molecule has 3 amide bonds. The van der Waals surface area contributed by atoms with Gasteiger partial charge < -0.3 is 25.6 Å². The van der Waals surface area contributed by atoms with Gasteiger partial charge in [0.1, 0.15) is 5.60 Å². The first kappa shape index (κ1) is 30.3. The quantitative estimate of drug-likeness (QED) is 0.246. The third-order valence-corrected chi connectivity index (χ3v) is 5.76. The molecule has 0 heterocycles. The Morgan fingerprint density at radius 2 is 1.02 bits per heavy atom. The van der Waals surface area contributed by atoms with E-state index in [0.717, 1.165) is 0 Å². The van der Waals surface area contributed by atoms with Crippen LogP contribution in [0.1, 0.15) is 80.3 Å². The summed E-state index contributed by atoms with van der Waals surface area (Å²) in [5.41, 5.74) is -0.446. The number of rotatable bonds is 7. The molecular weight excluding hydrogens is 510 g/mol. The Morgan fingerprint density at radius 1 is 0.600 bits per heavy atom. The van der Waals surface area contributed by atoms with E-state index in [9.17, 15) is 24.6 Å². The van der Waals surface area contributed by atoms with E-state index in [0.29, 0.717) is 22.5 Å². The van der Waals surface area contributed by atoms with E-state index in [4.69, 9.17) is 4.74 Å². The van der Waals surface area contributed by atoms with Crippen LogP contribution in [-0.2, 0) is 15.9 Å². The molecule has 0 aromatic heterocycles. The maximum absolute atomic E-state index is 13.3. The van der Waals surface area contributed by atoms with Gasteiger partial charge in [-0.1, -0.05) is 24.3 Å². The lowest BCUT2D eigenvalue weighted by Crippen LogP contribution is -2.27. The van der Waals surface area contributed by atoms with Crippen molar-refractivity contribution in [3.05, 3.63) is 89.0 Å². The monoisotopic (exact) mass is 547 g/mol. The first-order valence-electron chi connectivity index (χ1n) is 12.8. The van der Waals surface area contributed by atoms with Crippen LogP contribution in [0.2, 0.25) is 0 Å². The van der Waals surface area contributed by atoms with E-state index in [1.54, 1.807) is 97.0 Å². The number of anilines is 3. The molecular formula is C31H37N3O6. The van der Waals surface area contributed by atoms with E-state index in [1.165, 1.54) is 18.2 Å². The summed E-state index contributed by atoms with van der Waals surface area (Å²) < 4.78 is 5.33. The van der Waals surface area contributed by atoms with Crippen LogP contribution in [0.3, 0.4) is 0 Å². The second kappa shape index (κ2) is 11.5. The van der Waals surface area contributed by atoms with Crippen molar-refractivity contribution in [2.75, 3.05) is 16.0 Å². The van der Waals surface area contributed by atoms with Gasteiger partial charge in [-0.25, -0.2) is 4.79 Å². The Balaban J connectivity index is 1.94. The summed E-state index contributed by atoms with van der Waals surface area (Å²) in [4.78, 5) is 39.0. The standard InChI is InChI=1S/C31H37N3O6/c1-29(2,3)40-28(37)34-25-15-19(26(35)32-23-12-8-10-21(17-23)30(4,5)38)14-20(16-25)27(36)33-24-13-9-11-22(18-24)31(6,7)39/h8-18,38-39H,1-7H3,(H,32,35)(H,33,36)(H,34,37). The Kier molecular flexibility index (Phi) is 8.72. The van der Waals surface area contributed by atoms with Crippen LogP contribution in [0.25, 0.3) is 0 Å². The largest absolute Gasteiger partial charge is 0.444 e. The summed E-state index contributed by atoms with van der Waals surface area (Å²) in [6.45, 7) is 11.7. The van der Waals surface area contributed by atoms with Gasteiger partial charge in [-0.15, -0.1) is 0 Å². The van der Waals surface area contributed by atoms with Gasteiger partial charge in [0.15, 0.2) is 0 Å². The average molecular weight is 548 g/mol. The van der Waals surface area contributed by atoms with Gasteiger partial charge in [0, 0.05) is 28.2 Å². The molecule has 0 unspecified atom stereocenters. The first-order valence-corrected chi connectivity index (χ1v) is 12.8. The summed E-state index contributed by atoms with van der Waals surface area (Å²) in [7, 11) is 0. The van der Waals surface area contributed by atoms with E-state index in [1.807, 2.05) is 0 Å². The van der Waals surface area contributed by atoms with Crippen LogP contribution in [0, 0.1) is 0 Å². The molecule has 0 saturated heterocycles. The maximum atomic E-state index is 13.3. The zero-order valence-corrected chi connectivity index (χ0v) is 23.9. The molecule has 3 aromatic rings. The predicted molar refractivity (Wildman–Crippen MR) is 156 cm³/mol. The number of benzene rings is 3. The lowest BCUT2D eigenvalue weighted by molar-refractivity contribution is 0.0634. The van der Waals surface area contributed by atoms with Gasteiger partial charge in [-0.3, -0.25) is 14.9 Å². The molecule has 0 aliphatic rings. The number of hydrogen-bond acceptors (Lipinski definition) is 6. The lowest BCUT2D eigenvalue weighted by atomic mass is 9.98. The van der Waals surface area contributed by atoms with Crippen LogP contribution in [0.5, 0.6) is 0 Å². The number of carbonyl (C=O) groups excluding carboxylic acids is 3.